The first-order chi connectivity index (χ1) is 13.6. The summed E-state index contributed by atoms with van der Waals surface area (Å²) in [6, 6.07) is 16.0. The Morgan fingerprint density at radius 2 is 1.68 bits per heavy atom. The molecule has 9 heteroatoms. The van der Waals surface area contributed by atoms with Crippen molar-refractivity contribution in [2.24, 2.45) is 0 Å². The van der Waals surface area contributed by atoms with Gasteiger partial charge in [0.1, 0.15) is 5.82 Å². The van der Waals surface area contributed by atoms with Crippen molar-refractivity contribution in [1.29, 1.82) is 0 Å². The third-order valence-corrected chi connectivity index (χ3v) is 6.73. The van der Waals surface area contributed by atoms with Gasteiger partial charge in [0, 0.05) is 5.75 Å². The molecule has 0 aliphatic heterocycles. The minimum absolute atomic E-state index is 0.196. The number of nitrogens with one attached hydrogen (secondary N) is 2. The standard InChI is InChI=1S/C19H17FN4OS3/c1-13(15-7-9-16(20)10-8-15)21-22-17(25)12-27-19-24-23-18(28-19)26-11-14-5-3-2-4-6-14/h2-10,21H,1,11-12H2,(H,22,25). The van der Waals surface area contributed by atoms with Gasteiger partial charge < -0.3 is 0 Å². The predicted octanol–water partition coefficient (Wildman–Crippen LogP) is 4.35. The summed E-state index contributed by atoms with van der Waals surface area (Å²) in [5.41, 5.74) is 7.70. The molecule has 0 fully saturated rings. The average molecular weight is 433 g/mol. The Morgan fingerprint density at radius 3 is 2.39 bits per heavy atom. The zero-order valence-electron chi connectivity index (χ0n) is 14.7. The van der Waals surface area contributed by atoms with E-state index in [1.165, 1.54) is 40.8 Å². The molecule has 0 aliphatic rings. The van der Waals surface area contributed by atoms with Crippen LogP contribution in [-0.4, -0.2) is 21.9 Å². The fourth-order valence-corrected chi connectivity index (χ4v) is 4.84. The summed E-state index contributed by atoms with van der Waals surface area (Å²) in [5, 5.41) is 8.26. The van der Waals surface area contributed by atoms with Crippen LogP contribution in [0.3, 0.4) is 0 Å². The number of carbonyl (C=O) groups excluding carboxylic acids is 1. The highest BCUT2D eigenvalue weighted by atomic mass is 32.2. The number of hydrogen-bond donors (Lipinski definition) is 2. The summed E-state index contributed by atoms with van der Waals surface area (Å²) in [6.45, 7) is 3.82. The molecule has 0 bridgehead atoms. The first-order valence-corrected chi connectivity index (χ1v) is 11.0. The van der Waals surface area contributed by atoms with E-state index in [1.807, 2.05) is 18.2 Å². The zero-order chi connectivity index (χ0) is 19.8. The summed E-state index contributed by atoms with van der Waals surface area (Å²) in [6.07, 6.45) is 0. The number of hydrazine groups is 1. The number of amides is 1. The van der Waals surface area contributed by atoms with Crippen LogP contribution < -0.4 is 10.9 Å². The highest BCUT2D eigenvalue weighted by Gasteiger charge is 2.09. The number of halogens is 1. The Hall–Kier alpha value is -2.36. The Morgan fingerprint density at radius 1 is 1.00 bits per heavy atom. The fraction of sp³-hybridized carbons (Fsp3) is 0.105. The summed E-state index contributed by atoms with van der Waals surface area (Å²) in [5.74, 6) is 0.481. The van der Waals surface area contributed by atoms with Crippen molar-refractivity contribution >= 4 is 46.5 Å². The number of rotatable bonds is 9. The molecule has 5 nitrogen and oxygen atoms in total. The lowest BCUT2D eigenvalue weighted by molar-refractivity contribution is -0.119. The maximum Gasteiger partial charge on any atom is 0.248 e. The summed E-state index contributed by atoms with van der Waals surface area (Å²) >= 11 is 4.41. The van der Waals surface area contributed by atoms with Gasteiger partial charge in [0.15, 0.2) is 8.68 Å². The summed E-state index contributed by atoms with van der Waals surface area (Å²) in [4.78, 5) is 12.0. The lowest BCUT2D eigenvalue weighted by Gasteiger charge is -2.10. The molecular formula is C19H17FN4OS3. The minimum atomic E-state index is -0.324. The van der Waals surface area contributed by atoms with Gasteiger partial charge >= 0.3 is 0 Å². The molecule has 0 unspecified atom stereocenters. The number of benzene rings is 2. The second kappa shape index (κ2) is 10.3. The lowest BCUT2D eigenvalue weighted by Crippen LogP contribution is -2.37. The third kappa shape index (κ3) is 6.36. The van der Waals surface area contributed by atoms with E-state index in [0.29, 0.717) is 11.3 Å². The van der Waals surface area contributed by atoms with Crippen molar-refractivity contribution in [2.45, 2.75) is 14.4 Å². The molecule has 28 heavy (non-hydrogen) atoms. The van der Waals surface area contributed by atoms with Crippen LogP contribution in [0.4, 0.5) is 4.39 Å². The molecule has 0 spiro atoms. The van der Waals surface area contributed by atoms with Crippen LogP contribution >= 0.6 is 34.9 Å². The Labute approximate surface area is 174 Å². The van der Waals surface area contributed by atoms with Crippen molar-refractivity contribution in [2.75, 3.05) is 5.75 Å². The molecule has 1 aromatic heterocycles. The van der Waals surface area contributed by atoms with Gasteiger partial charge in [-0.1, -0.05) is 71.8 Å². The van der Waals surface area contributed by atoms with E-state index >= 15 is 0 Å². The molecular weight excluding hydrogens is 415 g/mol. The van der Waals surface area contributed by atoms with Crippen LogP contribution in [0.5, 0.6) is 0 Å². The Balaban J connectivity index is 1.39. The van der Waals surface area contributed by atoms with Gasteiger partial charge in [0.05, 0.1) is 11.4 Å². The lowest BCUT2D eigenvalue weighted by atomic mass is 10.2. The second-order valence-electron chi connectivity index (χ2n) is 5.56. The molecule has 2 aromatic carbocycles. The van der Waals surface area contributed by atoms with E-state index in [0.717, 1.165) is 14.4 Å². The molecule has 3 rings (SSSR count). The van der Waals surface area contributed by atoms with Crippen molar-refractivity contribution in [3.05, 3.63) is 78.1 Å². The smallest absolute Gasteiger partial charge is 0.248 e. The van der Waals surface area contributed by atoms with Crippen LogP contribution in [0, 0.1) is 5.82 Å². The molecule has 144 valence electrons. The minimum Gasteiger partial charge on any atom is -0.299 e. The number of carbonyl (C=O) groups is 1. The van der Waals surface area contributed by atoms with Gasteiger partial charge in [-0.2, -0.15) is 0 Å². The van der Waals surface area contributed by atoms with Crippen molar-refractivity contribution < 1.29 is 9.18 Å². The molecule has 0 atom stereocenters. The molecule has 1 amide bonds. The monoisotopic (exact) mass is 432 g/mol. The van der Waals surface area contributed by atoms with Crippen LogP contribution in [-0.2, 0) is 10.5 Å². The van der Waals surface area contributed by atoms with Crippen molar-refractivity contribution in [3.8, 4) is 0 Å². The summed E-state index contributed by atoms with van der Waals surface area (Å²) in [7, 11) is 0. The molecule has 2 N–H and O–H groups in total. The topological polar surface area (TPSA) is 66.9 Å². The van der Waals surface area contributed by atoms with Gasteiger partial charge in [0.25, 0.3) is 0 Å². The van der Waals surface area contributed by atoms with Crippen LogP contribution in [0.1, 0.15) is 11.1 Å². The van der Waals surface area contributed by atoms with E-state index in [9.17, 15) is 9.18 Å². The molecule has 1 heterocycles. The SMILES string of the molecule is C=C(NNC(=O)CSc1nnc(SCc2ccccc2)s1)c1ccc(F)cc1. The van der Waals surface area contributed by atoms with E-state index in [1.54, 1.807) is 23.9 Å². The number of nitrogens with zero attached hydrogens (tertiary/aromatic N) is 2. The predicted molar refractivity (Wildman–Crippen MR) is 113 cm³/mol. The molecule has 0 radical (unpaired) electrons. The number of aromatic nitrogens is 2. The maximum absolute atomic E-state index is 12.9. The highest BCUT2D eigenvalue weighted by Crippen LogP contribution is 2.30. The largest absolute Gasteiger partial charge is 0.299 e. The Bertz CT molecular complexity index is 932. The van der Waals surface area contributed by atoms with Crippen LogP contribution in [0.15, 0.2) is 69.9 Å². The van der Waals surface area contributed by atoms with Gasteiger partial charge in [-0.3, -0.25) is 15.6 Å². The first-order valence-electron chi connectivity index (χ1n) is 8.23. The molecule has 3 aromatic rings. The first kappa shape index (κ1) is 20.4. The quantitative estimate of drug-likeness (QED) is 0.387. The molecule has 0 aliphatic carbocycles. The average Bonchev–Trinajstić information content (AvgIpc) is 3.18. The van der Waals surface area contributed by atoms with E-state index in [2.05, 4.69) is 39.8 Å². The normalized spacial score (nSPS) is 10.5. The fourth-order valence-electron chi connectivity index (χ4n) is 2.06. The van der Waals surface area contributed by atoms with Crippen molar-refractivity contribution in [3.63, 3.8) is 0 Å². The van der Waals surface area contributed by atoms with E-state index in [4.69, 9.17) is 0 Å². The Kier molecular flexibility index (Phi) is 7.46. The zero-order valence-corrected chi connectivity index (χ0v) is 17.2. The van der Waals surface area contributed by atoms with Crippen molar-refractivity contribution in [1.82, 2.24) is 21.0 Å². The van der Waals surface area contributed by atoms with Gasteiger partial charge in [-0.25, -0.2) is 4.39 Å². The van der Waals surface area contributed by atoms with Gasteiger partial charge in [-0.05, 0) is 35.4 Å². The highest BCUT2D eigenvalue weighted by molar-refractivity contribution is 8.03. The van der Waals surface area contributed by atoms with Crippen LogP contribution in [0.25, 0.3) is 5.70 Å². The number of thioether (sulfide) groups is 2. The van der Waals surface area contributed by atoms with Crippen LogP contribution in [0.2, 0.25) is 0 Å². The second-order valence-corrected chi connectivity index (χ2v) is 8.98. The van der Waals surface area contributed by atoms with E-state index < -0.39 is 0 Å². The maximum atomic E-state index is 12.9. The van der Waals surface area contributed by atoms with Gasteiger partial charge in [-0.15, -0.1) is 10.2 Å². The van der Waals surface area contributed by atoms with E-state index in [-0.39, 0.29) is 17.5 Å². The third-order valence-electron chi connectivity index (χ3n) is 3.47. The van der Waals surface area contributed by atoms with Gasteiger partial charge in [0.2, 0.25) is 5.91 Å². The summed E-state index contributed by atoms with van der Waals surface area (Å²) < 4.78 is 14.5. The number of hydrogen-bond acceptors (Lipinski definition) is 7. The molecule has 0 saturated heterocycles. The molecule has 0 saturated carbocycles.